The summed E-state index contributed by atoms with van der Waals surface area (Å²) < 4.78 is 7.40. The van der Waals surface area contributed by atoms with Gasteiger partial charge in [0.25, 0.3) is 0 Å². The average Bonchev–Trinajstić information content (AvgIpc) is 3.01. The summed E-state index contributed by atoms with van der Waals surface area (Å²) in [6.07, 6.45) is 5.18. The van der Waals surface area contributed by atoms with Gasteiger partial charge >= 0.3 is 0 Å². The van der Waals surface area contributed by atoms with Crippen LogP contribution in [0.15, 0.2) is 42.9 Å². The van der Waals surface area contributed by atoms with Crippen molar-refractivity contribution in [3.63, 3.8) is 0 Å². The van der Waals surface area contributed by atoms with Gasteiger partial charge in [-0.2, -0.15) is 5.10 Å². The molecule has 0 saturated heterocycles. The molecule has 3 heterocycles. The SMILES string of the molecule is COc1cc(-c2cnn(C)c2C)ccc1Nc1ncc2ccnc(Cl)c2n1. The number of pyridine rings is 1. The highest BCUT2D eigenvalue weighted by Gasteiger charge is 2.12. The van der Waals surface area contributed by atoms with E-state index in [0.29, 0.717) is 22.4 Å². The molecule has 0 fully saturated rings. The first-order valence-corrected chi connectivity index (χ1v) is 8.66. The zero-order chi connectivity index (χ0) is 19.0. The van der Waals surface area contributed by atoms with Crippen LogP contribution in [0, 0.1) is 6.92 Å². The summed E-state index contributed by atoms with van der Waals surface area (Å²) in [6.45, 7) is 2.03. The van der Waals surface area contributed by atoms with Gasteiger partial charge in [0, 0.05) is 36.1 Å². The van der Waals surface area contributed by atoms with E-state index in [1.165, 1.54) is 0 Å². The maximum absolute atomic E-state index is 6.13. The Labute approximate surface area is 161 Å². The molecule has 0 amide bonds. The average molecular weight is 381 g/mol. The molecular weight excluding hydrogens is 364 g/mol. The van der Waals surface area contributed by atoms with E-state index in [-0.39, 0.29) is 0 Å². The number of fused-ring (bicyclic) bond motifs is 1. The maximum atomic E-state index is 6.13. The van der Waals surface area contributed by atoms with Crippen LogP contribution in [0.1, 0.15) is 5.69 Å². The normalized spacial score (nSPS) is 11.0. The predicted octanol–water partition coefficient (Wildman–Crippen LogP) is 4.14. The molecule has 7 nitrogen and oxygen atoms in total. The second-order valence-electron chi connectivity index (χ2n) is 6.04. The maximum Gasteiger partial charge on any atom is 0.227 e. The highest BCUT2D eigenvalue weighted by Crippen LogP contribution is 2.33. The standard InChI is InChI=1S/C19H17ClN6O/c1-11-14(10-23-26(11)2)12-4-5-15(16(8-12)27-3)24-19-22-9-13-6-7-21-18(20)17(13)25-19/h4-10H,1-3H3,(H,22,24,25). The van der Waals surface area contributed by atoms with E-state index in [0.717, 1.165) is 27.9 Å². The van der Waals surface area contributed by atoms with Crippen LogP contribution in [-0.4, -0.2) is 31.8 Å². The van der Waals surface area contributed by atoms with Gasteiger partial charge in [0.1, 0.15) is 11.3 Å². The monoisotopic (exact) mass is 380 g/mol. The van der Waals surface area contributed by atoms with Crippen LogP contribution < -0.4 is 10.1 Å². The van der Waals surface area contributed by atoms with Crippen LogP contribution >= 0.6 is 11.6 Å². The molecule has 1 aromatic carbocycles. The summed E-state index contributed by atoms with van der Waals surface area (Å²) in [5.41, 5.74) is 4.51. The lowest BCUT2D eigenvalue weighted by atomic mass is 10.1. The third-order valence-corrected chi connectivity index (χ3v) is 4.73. The fourth-order valence-corrected chi connectivity index (χ4v) is 3.06. The molecule has 0 unspecified atom stereocenters. The Hall–Kier alpha value is -3.19. The van der Waals surface area contributed by atoms with Crippen LogP contribution in [-0.2, 0) is 7.05 Å². The fraction of sp³-hybridized carbons (Fsp3) is 0.158. The number of aromatic nitrogens is 5. The third-order valence-electron chi connectivity index (χ3n) is 4.45. The molecule has 0 aliphatic rings. The molecule has 0 atom stereocenters. The Morgan fingerprint density at radius 2 is 2.00 bits per heavy atom. The smallest absolute Gasteiger partial charge is 0.227 e. The van der Waals surface area contributed by atoms with Crippen LogP contribution in [0.5, 0.6) is 5.75 Å². The first-order chi connectivity index (χ1) is 13.1. The summed E-state index contributed by atoms with van der Waals surface area (Å²) in [5, 5.41) is 8.65. The van der Waals surface area contributed by atoms with E-state index in [4.69, 9.17) is 16.3 Å². The van der Waals surface area contributed by atoms with E-state index in [1.807, 2.05) is 49.1 Å². The van der Waals surface area contributed by atoms with Gasteiger partial charge in [-0.1, -0.05) is 17.7 Å². The number of hydrogen-bond donors (Lipinski definition) is 1. The first-order valence-electron chi connectivity index (χ1n) is 8.28. The molecule has 0 aliphatic heterocycles. The Kier molecular flexibility index (Phi) is 4.37. The lowest BCUT2D eigenvalue weighted by Gasteiger charge is -2.12. The van der Waals surface area contributed by atoms with Crippen LogP contribution in [0.4, 0.5) is 11.6 Å². The van der Waals surface area contributed by atoms with Gasteiger partial charge in [-0.25, -0.2) is 15.0 Å². The summed E-state index contributed by atoms with van der Waals surface area (Å²) in [5.74, 6) is 1.10. The number of aryl methyl sites for hydroxylation is 1. The fourth-order valence-electron chi connectivity index (χ4n) is 2.85. The Balaban J connectivity index is 1.70. The minimum absolute atomic E-state index is 0.340. The summed E-state index contributed by atoms with van der Waals surface area (Å²) in [4.78, 5) is 12.9. The molecule has 0 aliphatic carbocycles. The third kappa shape index (κ3) is 3.17. The topological polar surface area (TPSA) is 77.8 Å². The van der Waals surface area contributed by atoms with Crippen molar-refractivity contribution < 1.29 is 4.74 Å². The zero-order valence-electron chi connectivity index (χ0n) is 15.1. The number of ether oxygens (including phenoxy) is 1. The number of methoxy groups -OCH3 is 1. The van der Waals surface area contributed by atoms with Crippen LogP contribution in [0.25, 0.3) is 22.0 Å². The number of halogens is 1. The number of nitrogens with one attached hydrogen (secondary N) is 1. The van der Waals surface area contributed by atoms with E-state index in [2.05, 4.69) is 25.4 Å². The molecule has 8 heteroatoms. The molecule has 27 heavy (non-hydrogen) atoms. The first kappa shape index (κ1) is 17.2. The molecule has 0 saturated carbocycles. The van der Waals surface area contributed by atoms with E-state index >= 15 is 0 Å². The summed E-state index contributed by atoms with van der Waals surface area (Å²) in [6, 6.07) is 7.71. The molecule has 1 N–H and O–H groups in total. The second-order valence-corrected chi connectivity index (χ2v) is 6.40. The van der Waals surface area contributed by atoms with Crippen molar-refractivity contribution in [2.75, 3.05) is 12.4 Å². The van der Waals surface area contributed by atoms with E-state index in [9.17, 15) is 0 Å². The molecule has 4 aromatic rings. The largest absolute Gasteiger partial charge is 0.495 e. The Morgan fingerprint density at radius 1 is 1.15 bits per heavy atom. The van der Waals surface area contributed by atoms with Gasteiger partial charge in [0.05, 0.1) is 19.0 Å². The molecule has 0 spiro atoms. The summed E-state index contributed by atoms with van der Waals surface area (Å²) >= 11 is 6.13. The minimum atomic E-state index is 0.340. The number of benzene rings is 1. The van der Waals surface area contributed by atoms with Gasteiger partial charge in [0.2, 0.25) is 5.95 Å². The number of hydrogen-bond acceptors (Lipinski definition) is 6. The predicted molar refractivity (Wildman–Crippen MR) is 106 cm³/mol. The van der Waals surface area contributed by atoms with Crippen LogP contribution in [0.3, 0.4) is 0 Å². The quantitative estimate of drug-likeness (QED) is 0.536. The molecule has 0 radical (unpaired) electrons. The molecular formula is C19H17ClN6O. The van der Waals surface area contributed by atoms with Crippen molar-refractivity contribution in [2.24, 2.45) is 7.05 Å². The molecule has 4 rings (SSSR count). The summed E-state index contributed by atoms with van der Waals surface area (Å²) in [7, 11) is 3.55. The number of anilines is 2. The number of rotatable bonds is 4. The van der Waals surface area contributed by atoms with Crippen molar-refractivity contribution >= 4 is 34.1 Å². The zero-order valence-corrected chi connectivity index (χ0v) is 15.8. The van der Waals surface area contributed by atoms with Crippen molar-refractivity contribution in [1.82, 2.24) is 24.7 Å². The van der Waals surface area contributed by atoms with Gasteiger partial charge in [0.15, 0.2) is 5.15 Å². The van der Waals surface area contributed by atoms with Gasteiger partial charge < -0.3 is 10.1 Å². The van der Waals surface area contributed by atoms with E-state index in [1.54, 1.807) is 19.5 Å². The van der Waals surface area contributed by atoms with Crippen LogP contribution in [0.2, 0.25) is 5.15 Å². The second kappa shape index (κ2) is 6.85. The lowest BCUT2D eigenvalue weighted by molar-refractivity contribution is 0.417. The van der Waals surface area contributed by atoms with Crippen molar-refractivity contribution in [1.29, 1.82) is 0 Å². The van der Waals surface area contributed by atoms with Gasteiger partial charge in [-0.05, 0) is 30.7 Å². The highest BCUT2D eigenvalue weighted by atomic mass is 35.5. The van der Waals surface area contributed by atoms with Gasteiger partial charge in [-0.15, -0.1) is 0 Å². The van der Waals surface area contributed by atoms with Gasteiger partial charge in [-0.3, -0.25) is 4.68 Å². The highest BCUT2D eigenvalue weighted by molar-refractivity contribution is 6.33. The Bertz CT molecular complexity index is 1140. The van der Waals surface area contributed by atoms with Crippen molar-refractivity contribution in [3.8, 4) is 16.9 Å². The van der Waals surface area contributed by atoms with Crippen molar-refractivity contribution in [2.45, 2.75) is 6.92 Å². The molecule has 136 valence electrons. The van der Waals surface area contributed by atoms with Crippen molar-refractivity contribution in [3.05, 3.63) is 53.7 Å². The molecule has 3 aromatic heterocycles. The molecule has 0 bridgehead atoms. The lowest BCUT2D eigenvalue weighted by Crippen LogP contribution is -2.00. The van der Waals surface area contributed by atoms with E-state index < -0.39 is 0 Å². The Morgan fingerprint density at radius 3 is 2.74 bits per heavy atom. The number of nitrogens with zero attached hydrogens (tertiary/aromatic N) is 5. The minimum Gasteiger partial charge on any atom is -0.495 e.